The summed E-state index contributed by atoms with van der Waals surface area (Å²) in [5.74, 6) is 0. The Balaban J connectivity index is 2.51. The Morgan fingerprint density at radius 2 is 1.11 bits per heavy atom. The lowest BCUT2D eigenvalue weighted by Crippen LogP contribution is -2.03. The highest BCUT2D eigenvalue weighted by Crippen LogP contribution is 2.55. The molecule has 0 saturated heterocycles. The van der Waals surface area contributed by atoms with Gasteiger partial charge in [-0.3, -0.25) is 4.57 Å². The van der Waals surface area contributed by atoms with Crippen molar-refractivity contribution in [3.05, 3.63) is 59.7 Å². The Morgan fingerprint density at radius 1 is 0.789 bits per heavy atom. The largest absolute Gasteiger partial charge is 0.399 e. The second-order valence-corrected chi connectivity index (χ2v) is 6.02. The van der Waals surface area contributed by atoms with Crippen molar-refractivity contribution in [3.63, 3.8) is 0 Å². The molecule has 0 amide bonds. The molecule has 0 aliphatic heterocycles. The van der Waals surface area contributed by atoms with Gasteiger partial charge in [0.15, 0.2) is 0 Å². The summed E-state index contributed by atoms with van der Waals surface area (Å²) < 4.78 is 11.7. The summed E-state index contributed by atoms with van der Waals surface area (Å²) in [6, 6.07) is 13.0. The Bertz CT molecular complexity index is 559. The number of rotatable bonds is 3. The summed E-state index contributed by atoms with van der Waals surface area (Å²) in [4.78, 5) is 19.1. The van der Waals surface area contributed by atoms with Crippen LogP contribution in [0.25, 0.3) is 0 Å². The molecule has 0 aromatic heterocycles. The number of hydrogen-bond acceptors (Lipinski definition) is 3. The first-order valence-electron chi connectivity index (χ1n) is 5.64. The molecule has 6 N–H and O–H groups in total. The Kier molecular flexibility index (Phi) is 3.62. The summed E-state index contributed by atoms with van der Waals surface area (Å²) in [5.41, 5.74) is 12.3. The van der Waals surface area contributed by atoms with Gasteiger partial charge in [0.2, 0.25) is 0 Å². The van der Waals surface area contributed by atoms with E-state index in [0.717, 1.165) is 0 Å². The van der Waals surface area contributed by atoms with E-state index < -0.39 is 13.3 Å². The maximum Gasteiger partial charge on any atom is 0.337 e. The zero-order valence-corrected chi connectivity index (χ0v) is 11.0. The second kappa shape index (κ2) is 5.05. The van der Waals surface area contributed by atoms with Crippen LogP contribution in [0.2, 0.25) is 0 Å². The lowest BCUT2D eigenvalue weighted by atomic mass is 10.0. The van der Waals surface area contributed by atoms with Crippen molar-refractivity contribution in [2.45, 2.75) is 5.66 Å². The van der Waals surface area contributed by atoms with Gasteiger partial charge in [-0.1, -0.05) is 24.3 Å². The van der Waals surface area contributed by atoms with Gasteiger partial charge in [-0.2, -0.15) is 0 Å². The molecule has 0 fully saturated rings. The van der Waals surface area contributed by atoms with E-state index in [0.29, 0.717) is 22.5 Å². The predicted molar refractivity (Wildman–Crippen MR) is 75.6 cm³/mol. The Morgan fingerprint density at radius 3 is 1.37 bits per heavy atom. The van der Waals surface area contributed by atoms with E-state index in [1.807, 2.05) is 0 Å². The summed E-state index contributed by atoms with van der Waals surface area (Å²) >= 11 is 0. The fourth-order valence-electron chi connectivity index (χ4n) is 1.94. The number of hydrogen-bond donors (Lipinski definition) is 4. The van der Waals surface area contributed by atoms with E-state index in [-0.39, 0.29) is 0 Å². The number of nitrogens with two attached hydrogens (primary N) is 2. The third-order valence-corrected chi connectivity index (χ3v) is 4.11. The quantitative estimate of drug-likeness (QED) is 0.508. The van der Waals surface area contributed by atoms with Gasteiger partial charge in [0, 0.05) is 11.4 Å². The zero-order chi connectivity index (χ0) is 14.0. The summed E-state index contributed by atoms with van der Waals surface area (Å²) in [6.45, 7) is 0. The summed E-state index contributed by atoms with van der Waals surface area (Å²) in [6.07, 6.45) is 0. The molecule has 0 atom stereocenters. The third-order valence-electron chi connectivity index (χ3n) is 2.84. The van der Waals surface area contributed by atoms with E-state index in [1.54, 1.807) is 48.5 Å². The molecule has 2 aromatic rings. The van der Waals surface area contributed by atoms with Crippen LogP contribution < -0.4 is 11.5 Å². The maximum absolute atomic E-state index is 11.7. The van der Waals surface area contributed by atoms with E-state index in [4.69, 9.17) is 11.5 Å². The molecule has 0 aliphatic carbocycles. The molecular weight excluding hydrogens is 263 g/mol. The van der Waals surface area contributed by atoms with E-state index >= 15 is 0 Å². The highest BCUT2D eigenvalue weighted by molar-refractivity contribution is 7.52. The average Bonchev–Trinajstić information content (AvgIpc) is 2.33. The van der Waals surface area contributed by atoms with Crippen LogP contribution >= 0.6 is 7.60 Å². The van der Waals surface area contributed by atoms with Gasteiger partial charge in [-0.25, -0.2) is 0 Å². The summed E-state index contributed by atoms with van der Waals surface area (Å²) in [7, 11) is -4.33. The van der Waals surface area contributed by atoms with Gasteiger partial charge in [-0.05, 0) is 35.4 Å². The molecule has 2 aromatic carbocycles. The Hall–Kier alpha value is -1.81. The molecule has 6 heteroatoms. The van der Waals surface area contributed by atoms with Crippen LogP contribution in [0.15, 0.2) is 48.5 Å². The maximum atomic E-state index is 11.7. The molecule has 0 unspecified atom stereocenters. The van der Waals surface area contributed by atoms with Crippen molar-refractivity contribution in [2.24, 2.45) is 0 Å². The minimum atomic E-state index is -4.33. The van der Waals surface area contributed by atoms with E-state index in [1.165, 1.54) is 0 Å². The predicted octanol–water partition coefficient (Wildman–Crippen LogP) is 2.12. The standard InChI is InChI=1S/C13H15N2O3P/c14-11-5-1-9(2-6-11)13(19(16,17)18)10-3-7-12(15)8-4-10/h1-8,13H,14-15H2,(H2,16,17,18). The van der Waals surface area contributed by atoms with Crippen molar-refractivity contribution in [3.8, 4) is 0 Å². The molecule has 0 heterocycles. The number of benzene rings is 2. The van der Waals surface area contributed by atoms with Crippen LogP contribution in [-0.2, 0) is 4.57 Å². The minimum Gasteiger partial charge on any atom is -0.399 e. The summed E-state index contributed by atoms with van der Waals surface area (Å²) in [5, 5.41) is 0. The van der Waals surface area contributed by atoms with Gasteiger partial charge in [-0.15, -0.1) is 0 Å². The number of nitrogen functional groups attached to an aromatic ring is 2. The van der Waals surface area contributed by atoms with Gasteiger partial charge in [0.1, 0.15) is 5.66 Å². The molecule has 2 rings (SSSR count). The van der Waals surface area contributed by atoms with Crippen LogP contribution in [0.4, 0.5) is 11.4 Å². The van der Waals surface area contributed by atoms with E-state index in [2.05, 4.69) is 0 Å². The number of anilines is 2. The third kappa shape index (κ3) is 3.15. The van der Waals surface area contributed by atoms with Crippen molar-refractivity contribution in [2.75, 3.05) is 11.5 Å². The first kappa shape index (κ1) is 13.6. The smallest absolute Gasteiger partial charge is 0.337 e. The van der Waals surface area contributed by atoms with Crippen molar-refractivity contribution < 1.29 is 14.4 Å². The monoisotopic (exact) mass is 278 g/mol. The average molecular weight is 278 g/mol. The van der Waals surface area contributed by atoms with E-state index in [9.17, 15) is 14.4 Å². The Labute approximate surface area is 111 Å². The fourth-order valence-corrected chi connectivity index (χ4v) is 3.06. The highest BCUT2D eigenvalue weighted by atomic mass is 31.2. The molecule has 0 radical (unpaired) electrons. The van der Waals surface area contributed by atoms with Gasteiger partial charge in [0.25, 0.3) is 0 Å². The van der Waals surface area contributed by atoms with Gasteiger partial charge in [0.05, 0.1) is 0 Å². The van der Waals surface area contributed by atoms with Crippen LogP contribution in [0.1, 0.15) is 16.8 Å². The zero-order valence-electron chi connectivity index (χ0n) is 10.1. The second-order valence-electron chi connectivity index (χ2n) is 4.32. The van der Waals surface area contributed by atoms with Crippen molar-refractivity contribution in [1.29, 1.82) is 0 Å². The minimum absolute atomic E-state index is 0.521. The SMILES string of the molecule is Nc1ccc(C(c2ccc(N)cc2)P(=O)(O)O)cc1. The molecule has 19 heavy (non-hydrogen) atoms. The lowest BCUT2D eigenvalue weighted by molar-refractivity contribution is 0.364. The van der Waals surface area contributed by atoms with Crippen LogP contribution in [0, 0.1) is 0 Å². The molecule has 100 valence electrons. The first-order chi connectivity index (χ1) is 8.88. The van der Waals surface area contributed by atoms with Crippen LogP contribution in [0.5, 0.6) is 0 Å². The molecule has 0 spiro atoms. The molecule has 0 bridgehead atoms. The van der Waals surface area contributed by atoms with Crippen LogP contribution in [0.3, 0.4) is 0 Å². The fraction of sp³-hybridized carbons (Fsp3) is 0.0769. The molecule has 0 aliphatic rings. The molecular formula is C13H15N2O3P. The van der Waals surface area contributed by atoms with Gasteiger partial charge >= 0.3 is 7.60 Å². The van der Waals surface area contributed by atoms with Crippen LogP contribution in [-0.4, -0.2) is 9.79 Å². The topological polar surface area (TPSA) is 110 Å². The first-order valence-corrected chi connectivity index (χ1v) is 7.32. The highest BCUT2D eigenvalue weighted by Gasteiger charge is 2.31. The molecule has 0 saturated carbocycles. The lowest BCUT2D eigenvalue weighted by Gasteiger charge is -2.19. The van der Waals surface area contributed by atoms with Crippen molar-refractivity contribution in [1.82, 2.24) is 0 Å². The van der Waals surface area contributed by atoms with Crippen molar-refractivity contribution >= 4 is 19.0 Å². The van der Waals surface area contributed by atoms with Gasteiger partial charge < -0.3 is 21.3 Å². The molecule has 5 nitrogen and oxygen atoms in total. The normalized spacial score (nSPS) is 11.7.